The molecule has 0 spiro atoms. The van der Waals surface area contributed by atoms with Crippen molar-refractivity contribution in [1.29, 1.82) is 0 Å². The first-order valence-corrected chi connectivity index (χ1v) is 13.4. The van der Waals surface area contributed by atoms with Gasteiger partial charge in [0, 0.05) is 36.3 Å². The zero-order valence-electron chi connectivity index (χ0n) is 21.9. The highest BCUT2D eigenvalue weighted by atomic mass is 35.5. The summed E-state index contributed by atoms with van der Waals surface area (Å²) in [6.45, 7) is 4.41. The van der Waals surface area contributed by atoms with E-state index in [0.29, 0.717) is 29.3 Å². The first-order chi connectivity index (χ1) is 18.3. The molecule has 2 unspecified atom stereocenters. The summed E-state index contributed by atoms with van der Waals surface area (Å²) < 4.78 is 5.96. The molecule has 6 rings (SSSR count). The van der Waals surface area contributed by atoms with Crippen LogP contribution >= 0.6 is 11.6 Å². The largest absolute Gasteiger partial charge is 0.494 e. The number of nitrogens with zero attached hydrogens (tertiary/aromatic N) is 4. The Bertz CT molecular complexity index is 1430. The number of benzene rings is 2. The third kappa shape index (κ3) is 4.16. The summed E-state index contributed by atoms with van der Waals surface area (Å²) in [6.07, 6.45) is 4.97. The number of nitrogens with one attached hydrogen (secondary N) is 1. The fourth-order valence-corrected chi connectivity index (χ4v) is 6.93. The molecule has 2 atom stereocenters. The van der Waals surface area contributed by atoms with Crippen LogP contribution in [0.15, 0.2) is 36.5 Å². The Morgan fingerprint density at radius 1 is 1.34 bits per heavy atom. The number of hydrogen-bond donors (Lipinski definition) is 2. The van der Waals surface area contributed by atoms with Crippen molar-refractivity contribution >= 4 is 40.7 Å². The van der Waals surface area contributed by atoms with Gasteiger partial charge in [0.2, 0.25) is 5.95 Å². The summed E-state index contributed by atoms with van der Waals surface area (Å²) >= 11 is 6.64. The van der Waals surface area contributed by atoms with Crippen molar-refractivity contribution in [3.05, 3.63) is 63.8 Å². The Balaban J connectivity index is 1.38. The third-order valence-electron chi connectivity index (χ3n) is 8.19. The lowest BCUT2D eigenvalue weighted by Gasteiger charge is -2.38. The lowest BCUT2D eigenvalue weighted by molar-refractivity contribution is -0.138. The molecule has 8 nitrogen and oxygen atoms in total. The van der Waals surface area contributed by atoms with Crippen LogP contribution in [0.3, 0.4) is 0 Å². The molecule has 38 heavy (non-hydrogen) atoms. The van der Waals surface area contributed by atoms with Crippen LogP contribution in [0.25, 0.3) is 0 Å². The summed E-state index contributed by atoms with van der Waals surface area (Å²) in [6, 6.07) is 10.0. The van der Waals surface area contributed by atoms with Crippen LogP contribution < -0.4 is 15.0 Å². The van der Waals surface area contributed by atoms with Gasteiger partial charge in [0.25, 0.3) is 0 Å². The van der Waals surface area contributed by atoms with Gasteiger partial charge in [0.15, 0.2) is 5.82 Å². The predicted molar refractivity (Wildman–Crippen MR) is 148 cm³/mol. The van der Waals surface area contributed by atoms with Crippen molar-refractivity contribution in [3.8, 4) is 5.75 Å². The number of carboxylic acids is 1. The van der Waals surface area contributed by atoms with E-state index < -0.39 is 11.4 Å². The number of carboxylic acid groups (broad SMARTS) is 1. The van der Waals surface area contributed by atoms with E-state index in [2.05, 4.69) is 28.3 Å². The van der Waals surface area contributed by atoms with E-state index in [1.807, 2.05) is 36.1 Å². The van der Waals surface area contributed by atoms with Crippen LogP contribution in [0.2, 0.25) is 5.02 Å². The molecule has 3 aromatic rings. The van der Waals surface area contributed by atoms with E-state index in [-0.39, 0.29) is 6.42 Å². The van der Waals surface area contributed by atoms with Crippen molar-refractivity contribution in [2.75, 3.05) is 37.5 Å². The fourth-order valence-electron chi connectivity index (χ4n) is 6.73. The van der Waals surface area contributed by atoms with Crippen LogP contribution in [0.1, 0.15) is 54.4 Å². The van der Waals surface area contributed by atoms with Crippen molar-refractivity contribution in [3.63, 3.8) is 0 Å². The van der Waals surface area contributed by atoms with Gasteiger partial charge in [0.05, 0.1) is 25.4 Å². The average Bonchev–Trinajstić information content (AvgIpc) is 3.17. The number of aromatic nitrogens is 2. The molecule has 2 N–H and O–H groups in total. The van der Waals surface area contributed by atoms with Crippen molar-refractivity contribution in [1.82, 2.24) is 14.9 Å². The molecule has 0 amide bonds. The first-order valence-electron chi connectivity index (χ1n) is 13.1. The van der Waals surface area contributed by atoms with Crippen LogP contribution in [0.5, 0.6) is 5.75 Å². The number of hydrogen-bond acceptors (Lipinski definition) is 7. The molecule has 1 aliphatic carbocycles. The summed E-state index contributed by atoms with van der Waals surface area (Å²) in [5, 5.41) is 13.4. The summed E-state index contributed by atoms with van der Waals surface area (Å²) in [5.74, 6) is 1.53. The molecule has 3 heterocycles. The van der Waals surface area contributed by atoms with Crippen LogP contribution in [0.4, 0.5) is 23.1 Å². The highest BCUT2D eigenvalue weighted by Crippen LogP contribution is 2.48. The number of ether oxygens (including phenoxy) is 1. The van der Waals surface area contributed by atoms with Crippen molar-refractivity contribution < 1.29 is 14.6 Å². The normalized spacial score (nSPS) is 22.1. The van der Waals surface area contributed by atoms with Crippen molar-refractivity contribution in [2.45, 2.75) is 50.5 Å². The molecule has 3 aliphatic rings. The van der Waals surface area contributed by atoms with E-state index in [1.54, 1.807) is 13.3 Å². The maximum atomic E-state index is 11.7. The highest BCUT2D eigenvalue weighted by molar-refractivity contribution is 6.33. The van der Waals surface area contributed by atoms with Gasteiger partial charge in [0.1, 0.15) is 10.8 Å². The smallest absolute Gasteiger partial charge is 0.304 e. The number of fused-ring (bicyclic) bond motifs is 1. The zero-order valence-corrected chi connectivity index (χ0v) is 22.7. The highest BCUT2D eigenvalue weighted by Gasteiger charge is 2.42. The predicted octanol–water partition coefficient (Wildman–Crippen LogP) is 5.63. The van der Waals surface area contributed by atoms with Gasteiger partial charge in [-0.2, -0.15) is 4.98 Å². The van der Waals surface area contributed by atoms with E-state index >= 15 is 0 Å². The second-order valence-corrected chi connectivity index (χ2v) is 11.4. The Labute approximate surface area is 227 Å². The van der Waals surface area contributed by atoms with Crippen LogP contribution in [-0.4, -0.2) is 53.2 Å². The van der Waals surface area contributed by atoms with Gasteiger partial charge < -0.3 is 25.0 Å². The van der Waals surface area contributed by atoms with Gasteiger partial charge in [-0.15, -0.1) is 0 Å². The molecule has 1 aromatic heterocycles. The molecular weight excluding hydrogens is 502 g/mol. The number of carbonyl (C=O) groups is 1. The molecule has 198 valence electrons. The molecule has 0 saturated carbocycles. The molecule has 0 fully saturated rings. The van der Waals surface area contributed by atoms with E-state index in [9.17, 15) is 9.90 Å². The van der Waals surface area contributed by atoms with Gasteiger partial charge in [-0.25, -0.2) is 4.98 Å². The van der Waals surface area contributed by atoms with Gasteiger partial charge in [-0.3, -0.25) is 4.79 Å². The van der Waals surface area contributed by atoms with Gasteiger partial charge >= 0.3 is 5.97 Å². The maximum absolute atomic E-state index is 11.7. The Hall–Kier alpha value is -3.36. The molecule has 0 saturated heterocycles. The number of likely N-dealkylation sites (N-methyl/N-ethyl adjacent to an activating group) is 1. The first kappa shape index (κ1) is 24.9. The van der Waals surface area contributed by atoms with Crippen LogP contribution in [-0.2, 0) is 23.2 Å². The lowest BCUT2D eigenvalue weighted by atomic mass is 9.77. The third-order valence-corrected chi connectivity index (χ3v) is 8.46. The Morgan fingerprint density at radius 3 is 2.95 bits per heavy atom. The Kier molecular flexibility index (Phi) is 6.19. The fraction of sp³-hybridized carbons (Fsp3) is 0.414. The lowest BCUT2D eigenvalue weighted by Crippen LogP contribution is -2.33. The minimum absolute atomic E-state index is 0.0128. The molecule has 0 bridgehead atoms. The second kappa shape index (κ2) is 9.43. The number of aliphatic carboxylic acids is 1. The molecule has 2 aliphatic heterocycles. The zero-order chi connectivity index (χ0) is 26.6. The SMILES string of the molecule is COc1c(Nc2ncc(Cl)c(N3CC(C)(CC(=O)O)c4ccccc43)n2)cc2c3c1CCCC3CN(C)C2. The van der Waals surface area contributed by atoms with Crippen LogP contribution in [0, 0.1) is 0 Å². The monoisotopic (exact) mass is 533 g/mol. The number of para-hydroxylation sites is 1. The molecule has 9 heteroatoms. The molecule has 0 radical (unpaired) electrons. The summed E-state index contributed by atoms with van der Waals surface area (Å²) in [5.41, 5.74) is 6.24. The van der Waals surface area contributed by atoms with E-state index in [0.717, 1.165) is 48.6 Å². The summed E-state index contributed by atoms with van der Waals surface area (Å²) in [7, 11) is 3.90. The number of halogens is 1. The average molecular weight is 534 g/mol. The van der Waals surface area contributed by atoms with E-state index in [4.69, 9.17) is 21.3 Å². The van der Waals surface area contributed by atoms with Gasteiger partial charge in [-0.1, -0.05) is 36.7 Å². The minimum atomic E-state index is -0.836. The second-order valence-electron chi connectivity index (χ2n) is 11.0. The number of rotatable bonds is 6. The van der Waals surface area contributed by atoms with Gasteiger partial charge in [-0.05, 0) is 61.1 Å². The topological polar surface area (TPSA) is 90.8 Å². The van der Waals surface area contributed by atoms with Crippen molar-refractivity contribution in [2.24, 2.45) is 0 Å². The van der Waals surface area contributed by atoms with E-state index in [1.165, 1.54) is 23.1 Å². The standard InChI is InChI=1S/C29H32ClN5O3/c1-29(12-24(36)37)16-35(23-10-5-4-9-20(23)29)27-21(30)13-31-28(33-27)32-22-11-18-15-34(2)14-17-7-6-8-19(25(17)18)26(22)38-3/h4-5,9-11,13,17H,6-8,12,14-16H2,1-3H3,(H,36,37)(H,31,32,33). The Morgan fingerprint density at radius 2 is 2.16 bits per heavy atom. The minimum Gasteiger partial charge on any atom is -0.494 e. The maximum Gasteiger partial charge on any atom is 0.304 e. The molecule has 2 aromatic carbocycles. The quantitative estimate of drug-likeness (QED) is 0.421. The number of anilines is 4. The number of methoxy groups -OCH3 is 1. The summed E-state index contributed by atoms with van der Waals surface area (Å²) in [4.78, 5) is 25.4. The molecular formula is C29H32ClN5O3.